The molecule has 0 saturated heterocycles. The first-order chi connectivity index (χ1) is 11.5. The number of ketones is 1. The molecule has 124 valence electrons. The van der Waals surface area contributed by atoms with Gasteiger partial charge in [0.2, 0.25) is 5.91 Å². The summed E-state index contributed by atoms with van der Waals surface area (Å²) in [7, 11) is 0. The lowest BCUT2D eigenvalue weighted by Gasteiger charge is -2.15. The molecule has 5 nitrogen and oxygen atoms in total. The minimum absolute atomic E-state index is 0.0167. The Hall–Kier alpha value is -2.66. The van der Waals surface area contributed by atoms with E-state index in [0.717, 1.165) is 0 Å². The van der Waals surface area contributed by atoms with Gasteiger partial charge in [0.05, 0.1) is 0 Å². The number of aliphatic carboxylic acids is 1. The number of amides is 1. The summed E-state index contributed by atoms with van der Waals surface area (Å²) in [6.45, 7) is 0. The second-order valence-corrected chi connectivity index (χ2v) is 5.62. The van der Waals surface area contributed by atoms with Gasteiger partial charge in [-0.2, -0.15) is 0 Å². The van der Waals surface area contributed by atoms with Crippen LogP contribution in [0, 0.1) is 0 Å². The average Bonchev–Trinajstić information content (AvgIpc) is 2.59. The molecule has 0 heterocycles. The third-order valence-electron chi connectivity index (χ3n) is 3.43. The zero-order chi connectivity index (χ0) is 17.5. The van der Waals surface area contributed by atoms with Gasteiger partial charge >= 0.3 is 5.97 Å². The molecule has 1 atom stereocenters. The third-order valence-corrected chi connectivity index (χ3v) is 3.68. The number of carbonyl (C=O) groups excluding carboxylic acids is 2. The van der Waals surface area contributed by atoms with Gasteiger partial charge in [-0.1, -0.05) is 54.1 Å². The van der Waals surface area contributed by atoms with Crippen molar-refractivity contribution < 1.29 is 19.5 Å². The Morgan fingerprint density at radius 2 is 1.58 bits per heavy atom. The Balaban J connectivity index is 1.95. The number of rotatable bonds is 7. The lowest BCUT2D eigenvalue weighted by atomic mass is 10.0. The van der Waals surface area contributed by atoms with E-state index in [9.17, 15) is 19.5 Å². The Morgan fingerprint density at radius 3 is 2.17 bits per heavy atom. The molecule has 24 heavy (non-hydrogen) atoms. The molecule has 0 aromatic heterocycles. The molecule has 6 heteroatoms. The van der Waals surface area contributed by atoms with Crippen LogP contribution in [0.15, 0.2) is 54.6 Å². The van der Waals surface area contributed by atoms with E-state index in [4.69, 9.17) is 11.6 Å². The first kappa shape index (κ1) is 17.7. The summed E-state index contributed by atoms with van der Waals surface area (Å²) in [5.41, 5.74) is 0.937. The molecular formula is C18H16ClNO4. The van der Waals surface area contributed by atoms with Gasteiger partial charge in [-0.3, -0.25) is 9.59 Å². The Bertz CT molecular complexity index is 728. The molecule has 0 spiro atoms. The van der Waals surface area contributed by atoms with Crippen LogP contribution in [0.4, 0.5) is 0 Å². The first-order valence-electron chi connectivity index (χ1n) is 7.33. The molecule has 0 aliphatic heterocycles. The number of carboxylic acid groups (broad SMARTS) is 1. The summed E-state index contributed by atoms with van der Waals surface area (Å²) >= 11 is 5.77. The highest BCUT2D eigenvalue weighted by molar-refractivity contribution is 6.30. The molecule has 2 aromatic carbocycles. The number of carbonyl (C=O) groups is 3. The topological polar surface area (TPSA) is 83.5 Å². The molecule has 1 amide bonds. The van der Waals surface area contributed by atoms with Crippen LogP contribution in [0.3, 0.4) is 0 Å². The second kappa shape index (κ2) is 8.26. The highest BCUT2D eigenvalue weighted by Gasteiger charge is 2.22. The van der Waals surface area contributed by atoms with Crippen molar-refractivity contribution in [3.8, 4) is 0 Å². The maximum Gasteiger partial charge on any atom is 0.330 e. The lowest BCUT2D eigenvalue weighted by Crippen LogP contribution is -2.33. The molecule has 0 radical (unpaired) electrons. The molecule has 0 aliphatic rings. The summed E-state index contributed by atoms with van der Waals surface area (Å²) in [6, 6.07) is 13.6. The van der Waals surface area contributed by atoms with E-state index in [1.165, 1.54) is 12.1 Å². The number of carboxylic acids is 1. The van der Waals surface area contributed by atoms with Crippen LogP contribution in [0.25, 0.3) is 0 Å². The highest BCUT2D eigenvalue weighted by atomic mass is 35.5. The van der Waals surface area contributed by atoms with Gasteiger partial charge in [0.25, 0.3) is 0 Å². The van der Waals surface area contributed by atoms with Crippen LogP contribution < -0.4 is 5.32 Å². The van der Waals surface area contributed by atoms with Gasteiger partial charge in [0, 0.05) is 23.4 Å². The molecule has 2 aromatic rings. The van der Waals surface area contributed by atoms with Crippen molar-refractivity contribution in [3.05, 3.63) is 70.7 Å². The van der Waals surface area contributed by atoms with Crippen molar-refractivity contribution in [2.45, 2.75) is 18.9 Å². The quantitative estimate of drug-likeness (QED) is 0.754. The summed E-state index contributed by atoms with van der Waals surface area (Å²) in [4.78, 5) is 35.3. The molecule has 1 unspecified atom stereocenters. The van der Waals surface area contributed by atoms with Crippen LogP contribution in [-0.2, 0) is 9.59 Å². The smallest absolute Gasteiger partial charge is 0.330 e. The zero-order valence-electron chi connectivity index (χ0n) is 12.7. The van der Waals surface area contributed by atoms with Crippen molar-refractivity contribution in [1.29, 1.82) is 0 Å². The molecular weight excluding hydrogens is 330 g/mol. The van der Waals surface area contributed by atoms with E-state index in [1.807, 2.05) is 0 Å². The first-order valence-corrected chi connectivity index (χ1v) is 7.71. The molecule has 0 fully saturated rings. The highest BCUT2D eigenvalue weighted by Crippen LogP contribution is 2.17. The maximum absolute atomic E-state index is 12.0. The van der Waals surface area contributed by atoms with Crippen LogP contribution in [0.2, 0.25) is 5.02 Å². The predicted octanol–water partition coefficient (Wildman–Crippen LogP) is 3.25. The molecule has 0 aliphatic carbocycles. The van der Waals surface area contributed by atoms with Gasteiger partial charge in [-0.25, -0.2) is 4.79 Å². The van der Waals surface area contributed by atoms with Crippen LogP contribution >= 0.6 is 11.6 Å². The van der Waals surface area contributed by atoms with Crippen molar-refractivity contribution >= 4 is 29.3 Å². The van der Waals surface area contributed by atoms with Crippen molar-refractivity contribution in [3.63, 3.8) is 0 Å². The molecule has 0 bridgehead atoms. The summed E-state index contributed by atoms with van der Waals surface area (Å²) in [5, 5.41) is 12.2. The number of hydrogen-bond acceptors (Lipinski definition) is 3. The van der Waals surface area contributed by atoms with Crippen molar-refractivity contribution in [2.75, 3.05) is 0 Å². The van der Waals surface area contributed by atoms with E-state index in [0.29, 0.717) is 16.1 Å². The van der Waals surface area contributed by atoms with E-state index in [-0.39, 0.29) is 18.6 Å². The van der Waals surface area contributed by atoms with Gasteiger partial charge in [-0.15, -0.1) is 0 Å². The fourth-order valence-electron chi connectivity index (χ4n) is 2.17. The van der Waals surface area contributed by atoms with Crippen LogP contribution in [-0.4, -0.2) is 22.8 Å². The second-order valence-electron chi connectivity index (χ2n) is 5.18. The average molecular weight is 346 g/mol. The van der Waals surface area contributed by atoms with E-state index < -0.39 is 17.9 Å². The van der Waals surface area contributed by atoms with Gasteiger partial charge in [-0.05, 0) is 17.7 Å². The fraction of sp³-hybridized carbons (Fsp3) is 0.167. The van der Waals surface area contributed by atoms with Crippen LogP contribution in [0.5, 0.6) is 0 Å². The van der Waals surface area contributed by atoms with E-state index in [2.05, 4.69) is 5.32 Å². The third kappa shape index (κ3) is 4.93. The number of benzene rings is 2. The summed E-state index contributed by atoms with van der Waals surface area (Å²) in [6.07, 6.45) is -0.0616. The zero-order valence-corrected chi connectivity index (χ0v) is 13.5. The number of nitrogens with one attached hydrogen (secondary N) is 1. The van der Waals surface area contributed by atoms with E-state index >= 15 is 0 Å². The molecule has 2 N–H and O–H groups in total. The maximum atomic E-state index is 12.0. The van der Waals surface area contributed by atoms with Crippen molar-refractivity contribution in [2.24, 2.45) is 0 Å². The summed E-state index contributed by atoms with van der Waals surface area (Å²) in [5.74, 6) is -1.84. The largest absolute Gasteiger partial charge is 0.479 e. The van der Waals surface area contributed by atoms with E-state index in [1.54, 1.807) is 42.5 Å². The van der Waals surface area contributed by atoms with Crippen LogP contribution in [0.1, 0.15) is 34.8 Å². The molecule has 2 rings (SSSR count). The Labute approximate surface area is 144 Å². The fourth-order valence-corrected chi connectivity index (χ4v) is 2.30. The Morgan fingerprint density at radius 1 is 0.958 bits per heavy atom. The lowest BCUT2D eigenvalue weighted by molar-refractivity contribution is -0.142. The van der Waals surface area contributed by atoms with Crippen molar-refractivity contribution in [1.82, 2.24) is 5.32 Å². The number of halogens is 1. The normalized spacial score (nSPS) is 11.5. The monoisotopic (exact) mass is 345 g/mol. The minimum Gasteiger partial charge on any atom is -0.479 e. The number of Topliss-reactive ketones (excluding diaryl/α,β-unsaturated/α-hetero) is 1. The standard InChI is InChI=1S/C18H16ClNO4/c19-14-8-6-13(7-9-14)17(18(23)24)20-16(22)11-10-15(21)12-4-2-1-3-5-12/h1-9,17H,10-11H2,(H,20,22)(H,23,24). The molecule has 0 saturated carbocycles. The number of hydrogen-bond donors (Lipinski definition) is 2. The van der Waals surface area contributed by atoms with Gasteiger partial charge < -0.3 is 10.4 Å². The Kier molecular flexibility index (Phi) is 6.09. The van der Waals surface area contributed by atoms with Gasteiger partial charge in [0.1, 0.15) is 0 Å². The SMILES string of the molecule is O=C(CCC(=O)c1ccccc1)NC(C(=O)O)c1ccc(Cl)cc1. The summed E-state index contributed by atoms with van der Waals surface area (Å²) < 4.78 is 0. The predicted molar refractivity (Wildman–Crippen MR) is 90.0 cm³/mol. The van der Waals surface area contributed by atoms with Gasteiger partial charge in [0.15, 0.2) is 11.8 Å². The minimum atomic E-state index is -1.18.